The molecule has 0 radical (unpaired) electrons. The van der Waals surface area contributed by atoms with E-state index in [1.54, 1.807) is 0 Å². The minimum absolute atomic E-state index is 0.0944. The molecule has 6 nitrogen and oxygen atoms in total. The third-order valence-corrected chi connectivity index (χ3v) is 6.47. The Kier molecular flexibility index (Phi) is 8.33. The molecule has 0 aliphatic rings. The Bertz CT molecular complexity index is 1350. The molecule has 4 rings (SSSR count). The van der Waals surface area contributed by atoms with Crippen LogP contribution < -0.4 is 9.47 Å². The van der Waals surface area contributed by atoms with Gasteiger partial charge in [0.1, 0.15) is 23.6 Å². The summed E-state index contributed by atoms with van der Waals surface area (Å²) in [7, 11) is 4.10. The lowest BCUT2D eigenvalue weighted by Crippen LogP contribution is -2.00. The first-order chi connectivity index (χ1) is 17.1. The van der Waals surface area contributed by atoms with Crippen molar-refractivity contribution in [3.05, 3.63) is 58.9 Å². The van der Waals surface area contributed by atoms with Crippen molar-refractivity contribution < 1.29 is 9.47 Å². The molecule has 0 N–H and O–H groups in total. The highest BCUT2D eigenvalue weighted by Gasteiger charge is 2.14. The van der Waals surface area contributed by atoms with Crippen molar-refractivity contribution >= 4 is 21.8 Å². The Labute approximate surface area is 214 Å². The van der Waals surface area contributed by atoms with Crippen molar-refractivity contribution in [2.24, 2.45) is 14.1 Å². The van der Waals surface area contributed by atoms with Crippen LogP contribution in [0, 0.1) is 36.5 Å². The average Bonchev–Trinajstić information content (AvgIpc) is 3.28. The van der Waals surface area contributed by atoms with Gasteiger partial charge >= 0.3 is 0 Å². The Hall–Kier alpha value is -3.90. The van der Waals surface area contributed by atoms with Gasteiger partial charge in [-0.3, -0.25) is 0 Å². The van der Waals surface area contributed by atoms with Crippen LogP contribution in [0.1, 0.15) is 61.8 Å². The fourth-order valence-electron chi connectivity index (χ4n) is 4.62. The second-order valence-electron chi connectivity index (χ2n) is 9.86. The second kappa shape index (κ2) is 11.2. The van der Waals surface area contributed by atoms with Gasteiger partial charge in [0.15, 0.2) is 13.2 Å². The largest absolute Gasteiger partial charge is 0.478 e. The maximum absolute atomic E-state index is 8.65. The summed E-state index contributed by atoms with van der Waals surface area (Å²) in [5, 5.41) is 19.7. The molecular formula is C30H36N4O2. The fraction of sp³-hybridized carbons (Fsp3) is 0.400. The maximum Gasteiger partial charge on any atom is 0.174 e. The summed E-state index contributed by atoms with van der Waals surface area (Å²) in [4.78, 5) is 0. The van der Waals surface area contributed by atoms with E-state index < -0.39 is 0 Å². The number of hydrogen-bond donors (Lipinski definition) is 0. The van der Waals surface area contributed by atoms with Crippen molar-refractivity contribution in [3.63, 3.8) is 0 Å². The normalized spacial score (nSPS) is 10.9. The Morgan fingerprint density at radius 3 is 1.36 bits per heavy atom. The zero-order valence-electron chi connectivity index (χ0n) is 22.6. The van der Waals surface area contributed by atoms with E-state index in [0.29, 0.717) is 11.8 Å². The van der Waals surface area contributed by atoms with Crippen molar-refractivity contribution in [2.45, 2.75) is 53.4 Å². The Morgan fingerprint density at radius 1 is 0.694 bits per heavy atom. The van der Waals surface area contributed by atoms with Gasteiger partial charge in [-0.25, -0.2) is 0 Å². The summed E-state index contributed by atoms with van der Waals surface area (Å²) >= 11 is 0. The van der Waals surface area contributed by atoms with E-state index in [9.17, 15) is 0 Å². The third kappa shape index (κ3) is 5.50. The quantitative estimate of drug-likeness (QED) is 0.294. The predicted octanol–water partition coefficient (Wildman–Crippen LogP) is 7.03. The smallest absolute Gasteiger partial charge is 0.174 e. The van der Waals surface area contributed by atoms with Gasteiger partial charge in [-0.2, -0.15) is 10.5 Å². The van der Waals surface area contributed by atoms with Crippen LogP contribution in [-0.2, 0) is 14.1 Å². The van der Waals surface area contributed by atoms with Gasteiger partial charge in [-0.05, 0) is 72.2 Å². The minimum Gasteiger partial charge on any atom is -0.478 e. The molecule has 0 saturated carbocycles. The van der Waals surface area contributed by atoms with Crippen LogP contribution in [0.25, 0.3) is 21.8 Å². The van der Waals surface area contributed by atoms with E-state index in [1.807, 2.05) is 12.1 Å². The number of aromatic nitrogens is 2. The molecular weight excluding hydrogens is 448 g/mol. The molecule has 0 fully saturated rings. The van der Waals surface area contributed by atoms with Crippen LogP contribution in [0.2, 0.25) is 0 Å². The number of nitriles is 2. The molecule has 2 heterocycles. The van der Waals surface area contributed by atoms with Gasteiger partial charge in [-0.15, -0.1) is 0 Å². The molecule has 4 aromatic rings. The number of hydrogen-bond acceptors (Lipinski definition) is 4. The summed E-state index contributed by atoms with van der Waals surface area (Å²) < 4.78 is 15.4. The zero-order chi connectivity index (χ0) is 26.6. The topological polar surface area (TPSA) is 75.9 Å². The first-order valence-electron chi connectivity index (χ1n) is 12.3. The maximum atomic E-state index is 8.65. The van der Waals surface area contributed by atoms with Gasteiger partial charge in [0, 0.05) is 48.3 Å². The molecule has 0 spiro atoms. The van der Waals surface area contributed by atoms with Crippen LogP contribution in [0.5, 0.6) is 11.5 Å². The molecule has 2 aromatic heterocycles. The monoisotopic (exact) mass is 484 g/mol. The summed E-state index contributed by atoms with van der Waals surface area (Å²) in [6.45, 7) is 12.9. The average molecular weight is 485 g/mol. The summed E-state index contributed by atoms with van der Waals surface area (Å²) in [5.74, 6) is 2.40. The standard InChI is InChI=1S/2C15H18N2O/c2*1-10(2)12-7-14-13(11(3)9-17(14)4)8-15(12)18-6-5-16/h2*7-10H,6H2,1-4H3. The molecule has 0 aliphatic heterocycles. The van der Waals surface area contributed by atoms with Crippen molar-refractivity contribution in [2.75, 3.05) is 13.2 Å². The summed E-state index contributed by atoms with van der Waals surface area (Å²) in [6.07, 6.45) is 4.23. The Balaban J connectivity index is 0.000000201. The first kappa shape index (κ1) is 26.7. The number of aryl methyl sites for hydroxylation is 4. The van der Waals surface area contributed by atoms with Gasteiger partial charge in [0.2, 0.25) is 0 Å². The summed E-state index contributed by atoms with van der Waals surface area (Å²) in [5.41, 5.74) is 7.17. The second-order valence-corrected chi connectivity index (χ2v) is 9.86. The van der Waals surface area contributed by atoms with Crippen LogP contribution in [-0.4, -0.2) is 22.3 Å². The number of fused-ring (bicyclic) bond motifs is 2. The molecule has 0 amide bonds. The highest BCUT2D eigenvalue weighted by Crippen LogP contribution is 2.34. The lowest BCUT2D eigenvalue weighted by molar-refractivity contribution is 0.363. The molecule has 36 heavy (non-hydrogen) atoms. The van der Waals surface area contributed by atoms with Gasteiger partial charge in [0.25, 0.3) is 0 Å². The SMILES string of the molecule is Cc1cn(C)c2cc(C(C)C)c(OCC#N)cc12.Cc1cn(C)c2cc(C(C)C)c(OCC#N)cc12. The lowest BCUT2D eigenvalue weighted by Gasteiger charge is -2.13. The van der Waals surface area contributed by atoms with E-state index in [2.05, 4.69) is 101 Å². The molecule has 2 aromatic carbocycles. The lowest BCUT2D eigenvalue weighted by atomic mass is 10.00. The van der Waals surface area contributed by atoms with E-state index in [0.717, 1.165) is 22.6 Å². The minimum atomic E-state index is 0.0944. The van der Waals surface area contributed by atoms with E-state index in [1.165, 1.54) is 32.9 Å². The molecule has 6 heteroatoms. The molecule has 188 valence electrons. The van der Waals surface area contributed by atoms with Crippen LogP contribution in [0.15, 0.2) is 36.7 Å². The first-order valence-corrected chi connectivity index (χ1v) is 12.3. The van der Waals surface area contributed by atoms with Crippen molar-refractivity contribution in [1.82, 2.24) is 9.13 Å². The molecule has 0 saturated heterocycles. The molecule has 0 bridgehead atoms. The van der Waals surface area contributed by atoms with E-state index in [4.69, 9.17) is 20.0 Å². The number of rotatable bonds is 6. The molecule has 0 unspecified atom stereocenters. The highest BCUT2D eigenvalue weighted by molar-refractivity contribution is 5.87. The molecule has 0 atom stereocenters. The number of nitrogens with zero attached hydrogens (tertiary/aromatic N) is 4. The van der Waals surface area contributed by atoms with E-state index in [-0.39, 0.29) is 13.2 Å². The van der Waals surface area contributed by atoms with Crippen LogP contribution in [0.3, 0.4) is 0 Å². The fourth-order valence-corrected chi connectivity index (χ4v) is 4.62. The van der Waals surface area contributed by atoms with E-state index >= 15 is 0 Å². The number of ether oxygens (including phenoxy) is 2. The van der Waals surface area contributed by atoms with Crippen LogP contribution in [0.4, 0.5) is 0 Å². The van der Waals surface area contributed by atoms with Crippen LogP contribution >= 0.6 is 0 Å². The van der Waals surface area contributed by atoms with Gasteiger partial charge < -0.3 is 18.6 Å². The zero-order valence-corrected chi connectivity index (χ0v) is 22.6. The highest BCUT2D eigenvalue weighted by atomic mass is 16.5. The molecule has 0 aliphatic carbocycles. The van der Waals surface area contributed by atoms with Gasteiger partial charge in [0.05, 0.1) is 0 Å². The number of benzene rings is 2. The van der Waals surface area contributed by atoms with Crippen molar-refractivity contribution in [3.8, 4) is 23.6 Å². The van der Waals surface area contributed by atoms with Crippen molar-refractivity contribution in [1.29, 1.82) is 10.5 Å². The van der Waals surface area contributed by atoms with Gasteiger partial charge in [-0.1, -0.05) is 27.7 Å². The Morgan fingerprint density at radius 2 is 1.06 bits per heavy atom. The summed E-state index contributed by atoms with van der Waals surface area (Å²) in [6, 6.07) is 12.5. The third-order valence-electron chi connectivity index (χ3n) is 6.47. The predicted molar refractivity (Wildman–Crippen MR) is 146 cm³/mol.